The van der Waals surface area contributed by atoms with Gasteiger partial charge in [-0.1, -0.05) is 54.6 Å². The van der Waals surface area contributed by atoms with Gasteiger partial charge in [-0.3, -0.25) is 14.6 Å². The van der Waals surface area contributed by atoms with E-state index >= 15 is 0 Å². The van der Waals surface area contributed by atoms with Gasteiger partial charge in [-0.2, -0.15) is 0 Å². The molecule has 2 aliphatic rings. The van der Waals surface area contributed by atoms with Crippen molar-refractivity contribution in [1.82, 2.24) is 9.55 Å². The molecule has 0 atom stereocenters. The molecule has 3 heterocycles. The molecule has 0 unspecified atom stereocenters. The summed E-state index contributed by atoms with van der Waals surface area (Å²) in [6.45, 7) is 0.710. The molecule has 2 aromatic carbocycles. The minimum Gasteiger partial charge on any atom is -0.338 e. The van der Waals surface area contributed by atoms with Crippen LogP contribution in [0.5, 0.6) is 0 Å². The first-order valence-corrected chi connectivity index (χ1v) is 9.70. The number of rotatable bonds is 1. The largest absolute Gasteiger partial charge is 0.338 e. The van der Waals surface area contributed by atoms with Gasteiger partial charge >= 0.3 is 0 Å². The molecule has 0 N–H and O–H groups in total. The van der Waals surface area contributed by atoms with Crippen LogP contribution in [0.25, 0.3) is 22.6 Å². The second-order valence-corrected chi connectivity index (χ2v) is 7.42. The third-order valence-electron chi connectivity index (χ3n) is 5.92. The Bertz CT molecular complexity index is 1280. The first-order valence-electron chi connectivity index (χ1n) is 9.70. The Balaban J connectivity index is 1.77. The standard InChI is InChI=1S/C25H16N2O2/c28-24-17-9-3-4-10-18(17)25(29)21-20(24)22-16-8-2-1-7-15(16)12-14-27(22)23(21)19-11-5-6-13-26-19/h1-11,13H,12,14H2. The minimum absolute atomic E-state index is 0.0853. The molecule has 0 bridgehead atoms. The van der Waals surface area contributed by atoms with E-state index < -0.39 is 0 Å². The predicted molar refractivity (Wildman–Crippen MR) is 110 cm³/mol. The Kier molecular flexibility index (Phi) is 3.27. The number of fused-ring (bicyclic) bond motifs is 6. The molecule has 4 nitrogen and oxygen atoms in total. The van der Waals surface area contributed by atoms with Crippen LogP contribution >= 0.6 is 0 Å². The number of aryl methyl sites for hydroxylation is 1. The maximum atomic E-state index is 13.6. The lowest BCUT2D eigenvalue weighted by atomic mass is 9.82. The van der Waals surface area contributed by atoms with E-state index in [1.54, 1.807) is 24.4 Å². The summed E-state index contributed by atoms with van der Waals surface area (Å²) in [4.78, 5) is 31.7. The molecule has 0 radical (unpaired) electrons. The number of hydrogen-bond donors (Lipinski definition) is 0. The number of benzene rings is 2. The van der Waals surface area contributed by atoms with Gasteiger partial charge in [-0.05, 0) is 24.1 Å². The molecule has 29 heavy (non-hydrogen) atoms. The number of pyridine rings is 1. The van der Waals surface area contributed by atoms with Crippen LogP contribution in [0.4, 0.5) is 0 Å². The van der Waals surface area contributed by atoms with Gasteiger partial charge in [-0.15, -0.1) is 0 Å². The lowest BCUT2D eigenvalue weighted by Gasteiger charge is -2.22. The topological polar surface area (TPSA) is 52.0 Å². The van der Waals surface area contributed by atoms with Crippen molar-refractivity contribution in [3.05, 3.63) is 101 Å². The fourth-order valence-electron chi connectivity index (χ4n) is 4.68. The van der Waals surface area contributed by atoms with E-state index in [-0.39, 0.29) is 11.6 Å². The number of nitrogens with zero attached hydrogens (tertiary/aromatic N) is 2. The summed E-state index contributed by atoms with van der Waals surface area (Å²) in [6, 6.07) is 20.9. The zero-order valence-corrected chi connectivity index (χ0v) is 15.6. The Morgan fingerprint density at radius 1 is 0.690 bits per heavy atom. The maximum Gasteiger partial charge on any atom is 0.196 e. The van der Waals surface area contributed by atoms with Crippen molar-refractivity contribution >= 4 is 11.6 Å². The first-order chi connectivity index (χ1) is 14.3. The van der Waals surface area contributed by atoms with Crippen molar-refractivity contribution in [2.24, 2.45) is 0 Å². The number of carbonyl (C=O) groups is 2. The molecule has 4 heteroatoms. The fraction of sp³-hybridized carbons (Fsp3) is 0.0800. The van der Waals surface area contributed by atoms with E-state index in [0.29, 0.717) is 28.8 Å². The minimum atomic E-state index is -0.102. The summed E-state index contributed by atoms with van der Waals surface area (Å²) in [7, 11) is 0. The Hall–Kier alpha value is -3.79. The van der Waals surface area contributed by atoms with Crippen molar-refractivity contribution in [2.75, 3.05) is 0 Å². The van der Waals surface area contributed by atoms with E-state index in [1.807, 2.05) is 42.5 Å². The van der Waals surface area contributed by atoms with Crippen LogP contribution < -0.4 is 0 Å². The van der Waals surface area contributed by atoms with Gasteiger partial charge in [0.15, 0.2) is 11.6 Å². The molecule has 0 spiro atoms. The predicted octanol–water partition coefficient (Wildman–Crippen LogP) is 4.55. The van der Waals surface area contributed by atoms with Crippen molar-refractivity contribution in [3.8, 4) is 22.6 Å². The molecule has 1 aliphatic heterocycles. The second kappa shape index (κ2) is 5.85. The van der Waals surface area contributed by atoms with E-state index in [1.165, 1.54) is 5.56 Å². The maximum absolute atomic E-state index is 13.6. The summed E-state index contributed by atoms with van der Waals surface area (Å²) in [5, 5.41) is 0. The van der Waals surface area contributed by atoms with Crippen LogP contribution in [0.1, 0.15) is 37.4 Å². The molecule has 6 rings (SSSR count). The highest BCUT2D eigenvalue weighted by Crippen LogP contribution is 2.44. The molecular weight excluding hydrogens is 360 g/mol. The summed E-state index contributed by atoms with van der Waals surface area (Å²) in [5.41, 5.74) is 6.49. The highest BCUT2D eigenvalue weighted by atomic mass is 16.1. The van der Waals surface area contributed by atoms with Gasteiger partial charge in [0.2, 0.25) is 0 Å². The van der Waals surface area contributed by atoms with Gasteiger partial charge < -0.3 is 4.57 Å². The van der Waals surface area contributed by atoms with Crippen molar-refractivity contribution in [1.29, 1.82) is 0 Å². The molecule has 1 aliphatic carbocycles. The van der Waals surface area contributed by atoms with Crippen LogP contribution in [0.15, 0.2) is 72.9 Å². The van der Waals surface area contributed by atoms with Crippen LogP contribution in [0.3, 0.4) is 0 Å². The van der Waals surface area contributed by atoms with Gasteiger partial charge in [0.25, 0.3) is 0 Å². The summed E-state index contributed by atoms with van der Waals surface area (Å²) >= 11 is 0. The van der Waals surface area contributed by atoms with Gasteiger partial charge in [0, 0.05) is 29.4 Å². The van der Waals surface area contributed by atoms with E-state index in [0.717, 1.165) is 29.1 Å². The third kappa shape index (κ3) is 2.11. The smallest absolute Gasteiger partial charge is 0.196 e. The highest BCUT2D eigenvalue weighted by molar-refractivity contribution is 6.32. The molecule has 0 amide bonds. The summed E-state index contributed by atoms with van der Waals surface area (Å²) in [6.07, 6.45) is 2.58. The molecule has 2 aromatic heterocycles. The number of aromatic nitrogens is 2. The average Bonchev–Trinajstić information content (AvgIpc) is 3.14. The molecule has 0 fully saturated rings. The molecule has 0 saturated heterocycles. The number of carbonyl (C=O) groups excluding carboxylic acids is 2. The van der Waals surface area contributed by atoms with Crippen molar-refractivity contribution < 1.29 is 9.59 Å². The van der Waals surface area contributed by atoms with Gasteiger partial charge in [-0.25, -0.2) is 0 Å². The highest BCUT2D eigenvalue weighted by Gasteiger charge is 2.40. The molecule has 138 valence electrons. The summed E-state index contributed by atoms with van der Waals surface area (Å²) < 4.78 is 2.12. The second-order valence-electron chi connectivity index (χ2n) is 7.42. The molecule has 0 saturated carbocycles. The molecule has 4 aromatic rings. The first kappa shape index (κ1) is 16.2. The lowest BCUT2D eigenvalue weighted by Crippen LogP contribution is -2.20. The molecular formula is C25H16N2O2. The lowest BCUT2D eigenvalue weighted by molar-refractivity contribution is 0.0981. The fourth-order valence-corrected chi connectivity index (χ4v) is 4.68. The van der Waals surface area contributed by atoms with E-state index in [4.69, 9.17) is 0 Å². The Morgan fingerprint density at radius 3 is 2.00 bits per heavy atom. The normalized spacial score (nSPS) is 14.1. The van der Waals surface area contributed by atoms with Crippen molar-refractivity contribution in [3.63, 3.8) is 0 Å². The number of ketones is 2. The van der Waals surface area contributed by atoms with Crippen molar-refractivity contribution in [2.45, 2.75) is 13.0 Å². The van der Waals surface area contributed by atoms with Gasteiger partial charge in [0.1, 0.15) is 0 Å². The average molecular weight is 376 g/mol. The van der Waals surface area contributed by atoms with Gasteiger partial charge in [0.05, 0.1) is 28.2 Å². The van der Waals surface area contributed by atoms with E-state index in [9.17, 15) is 9.59 Å². The quantitative estimate of drug-likeness (QED) is 0.431. The Morgan fingerprint density at radius 2 is 1.31 bits per heavy atom. The van der Waals surface area contributed by atoms with E-state index in [2.05, 4.69) is 15.6 Å². The number of hydrogen-bond acceptors (Lipinski definition) is 3. The third-order valence-corrected chi connectivity index (χ3v) is 5.92. The Labute approximate surface area is 167 Å². The van der Waals surface area contributed by atoms with Crippen LogP contribution in [-0.2, 0) is 13.0 Å². The zero-order chi connectivity index (χ0) is 19.5. The SMILES string of the molecule is O=C1c2ccccc2C(=O)c2c1c(-c1ccccn1)n1c2-c2ccccc2CC1. The van der Waals surface area contributed by atoms with Crippen LogP contribution in [0, 0.1) is 0 Å². The zero-order valence-electron chi connectivity index (χ0n) is 15.6. The summed E-state index contributed by atoms with van der Waals surface area (Å²) in [5.74, 6) is -0.187. The van der Waals surface area contributed by atoms with Crippen LogP contribution in [0.2, 0.25) is 0 Å². The van der Waals surface area contributed by atoms with Crippen LogP contribution in [-0.4, -0.2) is 21.1 Å². The monoisotopic (exact) mass is 376 g/mol.